The van der Waals surface area contributed by atoms with Gasteiger partial charge in [-0.1, -0.05) is 6.07 Å². The molecule has 6 nitrogen and oxygen atoms in total. The first-order chi connectivity index (χ1) is 14.3. The summed E-state index contributed by atoms with van der Waals surface area (Å²) >= 11 is 0. The van der Waals surface area contributed by atoms with Crippen molar-refractivity contribution in [2.45, 2.75) is 12.7 Å². The van der Waals surface area contributed by atoms with Gasteiger partial charge in [0.05, 0.1) is 11.1 Å². The number of amides is 2. The molecule has 9 heteroatoms. The van der Waals surface area contributed by atoms with Gasteiger partial charge in [-0.3, -0.25) is 9.59 Å². The lowest BCUT2D eigenvalue weighted by molar-refractivity contribution is -0.137. The molecule has 1 aliphatic heterocycles. The molecule has 0 saturated carbocycles. The number of alkyl halides is 3. The first kappa shape index (κ1) is 19.4. The zero-order valence-corrected chi connectivity index (χ0v) is 15.4. The van der Waals surface area contributed by atoms with Crippen molar-refractivity contribution in [3.8, 4) is 0 Å². The molecular weight excluding hydrogens is 397 g/mol. The van der Waals surface area contributed by atoms with E-state index in [-0.39, 0.29) is 23.0 Å². The van der Waals surface area contributed by atoms with Crippen molar-refractivity contribution >= 4 is 29.0 Å². The molecule has 0 aliphatic carbocycles. The Morgan fingerprint density at radius 2 is 1.80 bits per heavy atom. The molecule has 2 heterocycles. The molecule has 0 spiro atoms. The monoisotopic (exact) mass is 412 g/mol. The Hall–Kier alpha value is -3.88. The van der Waals surface area contributed by atoms with Crippen LogP contribution < -0.4 is 16.0 Å². The van der Waals surface area contributed by atoms with Gasteiger partial charge >= 0.3 is 6.18 Å². The minimum absolute atomic E-state index is 0.171. The van der Waals surface area contributed by atoms with E-state index < -0.39 is 17.6 Å². The number of pyridine rings is 1. The molecule has 0 atom stereocenters. The average Bonchev–Trinajstić information content (AvgIpc) is 3.10. The topological polar surface area (TPSA) is 83.1 Å². The van der Waals surface area contributed by atoms with Crippen LogP contribution in [0.5, 0.6) is 0 Å². The molecule has 3 N–H and O–H groups in total. The predicted molar refractivity (Wildman–Crippen MR) is 105 cm³/mol. The quantitative estimate of drug-likeness (QED) is 0.595. The molecule has 0 fully saturated rings. The van der Waals surface area contributed by atoms with Gasteiger partial charge in [-0.05, 0) is 48.5 Å². The van der Waals surface area contributed by atoms with E-state index in [1.807, 2.05) is 0 Å². The number of hydrogen-bond donors (Lipinski definition) is 3. The van der Waals surface area contributed by atoms with Crippen molar-refractivity contribution in [3.05, 3.63) is 83.0 Å². The highest BCUT2D eigenvalue weighted by Crippen LogP contribution is 2.30. The molecule has 0 radical (unpaired) electrons. The van der Waals surface area contributed by atoms with Crippen LogP contribution in [0, 0.1) is 0 Å². The van der Waals surface area contributed by atoms with Crippen LogP contribution >= 0.6 is 0 Å². The molecular formula is C21H15F3N4O2. The Labute approximate surface area is 169 Å². The molecule has 152 valence electrons. The Kier molecular flexibility index (Phi) is 4.86. The molecule has 2 amide bonds. The summed E-state index contributed by atoms with van der Waals surface area (Å²) < 4.78 is 38.1. The SMILES string of the molecule is O=C(Nc1ccc(C(F)(F)F)cc1)c1cccnc1Nc1cccc2c1CNC2=O. The third-order valence-corrected chi connectivity index (χ3v) is 4.62. The Morgan fingerprint density at radius 1 is 1.03 bits per heavy atom. The number of nitrogens with zero attached hydrogens (tertiary/aromatic N) is 1. The van der Waals surface area contributed by atoms with Gasteiger partial charge in [-0.25, -0.2) is 4.98 Å². The lowest BCUT2D eigenvalue weighted by Crippen LogP contribution is -2.15. The Bertz CT molecular complexity index is 1130. The van der Waals surface area contributed by atoms with Crippen molar-refractivity contribution in [2.24, 2.45) is 0 Å². The Morgan fingerprint density at radius 3 is 2.53 bits per heavy atom. The number of aromatic nitrogens is 1. The van der Waals surface area contributed by atoms with Crippen molar-refractivity contribution < 1.29 is 22.8 Å². The maximum absolute atomic E-state index is 12.7. The zero-order valence-electron chi connectivity index (χ0n) is 15.4. The maximum atomic E-state index is 12.7. The number of fused-ring (bicyclic) bond motifs is 1. The fourth-order valence-corrected chi connectivity index (χ4v) is 3.13. The normalized spacial score (nSPS) is 12.8. The van der Waals surface area contributed by atoms with Gasteiger partial charge in [0.15, 0.2) is 0 Å². The second-order valence-corrected chi connectivity index (χ2v) is 6.57. The molecule has 4 rings (SSSR count). The van der Waals surface area contributed by atoms with Gasteiger partial charge in [0, 0.05) is 35.2 Å². The predicted octanol–water partition coefficient (Wildman–Crippen LogP) is 4.34. The molecule has 1 aliphatic rings. The fraction of sp³-hybridized carbons (Fsp3) is 0.0952. The van der Waals surface area contributed by atoms with Crippen LogP contribution in [0.4, 0.5) is 30.4 Å². The standard InChI is InChI=1S/C21H15F3N4O2/c22-21(23,24)12-6-8-13(9-7-12)27-20(30)15-4-2-10-25-18(15)28-17-5-1-3-14-16(17)11-26-19(14)29/h1-10H,11H2,(H,25,28)(H,26,29)(H,27,30). The average molecular weight is 412 g/mol. The van der Waals surface area contributed by atoms with E-state index in [2.05, 4.69) is 20.9 Å². The van der Waals surface area contributed by atoms with Crippen molar-refractivity contribution in [1.29, 1.82) is 0 Å². The van der Waals surface area contributed by atoms with Gasteiger partial charge < -0.3 is 16.0 Å². The highest BCUT2D eigenvalue weighted by atomic mass is 19.4. The minimum atomic E-state index is -4.45. The number of halogens is 3. The number of carbonyl (C=O) groups excluding carboxylic acids is 2. The van der Waals surface area contributed by atoms with Crippen LogP contribution in [0.2, 0.25) is 0 Å². The molecule has 0 bridgehead atoms. The largest absolute Gasteiger partial charge is 0.416 e. The van der Waals surface area contributed by atoms with E-state index in [9.17, 15) is 22.8 Å². The number of rotatable bonds is 4. The first-order valence-electron chi connectivity index (χ1n) is 8.93. The van der Waals surface area contributed by atoms with E-state index in [0.29, 0.717) is 17.8 Å². The first-order valence-corrected chi connectivity index (χ1v) is 8.93. The number of carbonyl (C=O) groups is 2. The summed E-state index contributed by atoms with van der Waals surface area (Å²) in [4.78, 5) is 28.8. The highest BCUT2D eigenvalue weighted by molar-refractivity contribution is 6.08. The van der Waals surface area contributed by atoms with E-state index in [1.165, 1.54) is 18.3 Å². The van der Waals surface area contributed by atoms with Crippen LogP contribution in [-0.2, 0) is 12.7 Å². The summed E-state index contributed by atoms with van der Waals surface area (Å²) in [5.74, 6) is -0.447. The fourth-order valence-electron chi connectivity index (χ4n) is 3.13. The molecule has 0 unspecified atom stereocenters. The maximum Gasteiger partial charge on any atom is 0.416 e. The third-order valence-electron chi connectivity index (χ3n) is 4.62. The number of benzene rings is 2. The van der Waals surface area contributed by atoms with Gasteiger partial charge in [0.25, 0.3) is 11.8 Å². The number of anilines is 3. The highest BCUT2D eigenvalue weighted by Gasteiger charge is 2.30. The second kappa shape index (κ2) is 7.51. The second-order valence-electron chi connectivity index (χ2n) is 6.57. The van der Waals surface area contributed by atoms with E-state index in [1.54, 1.807) is 30.3 Å². The summed E-state index contributed by atoms with van der Waals surface area (Å²) in [6.07, 6.45) is -2.95. The van der Waals surface area contributed by atoms with Crippen molar-refractivity contribution in [2.75, 3.05) is 10.6 Å². The molecule has 30 heavy (non-hydrogen) atoms. The molecule has 2 aromatic carbocycles. The van der Waals surface area contributed by atoms with Gasteiger partial charge in [-0.2, -0.15) is 13.2 Å². The smallest absolute Gasteiger partial charge is 0.348 e. The van der Waals surface area contributed by atoms with Crippen molar-refractivity contribution in [3.63, 3.8) is 0 Å². The van der Waals surface area contributed by atoms with E-state index in [4.69, 9.17) is 0 Å². The van der Waals surface area contributed by atoms with Crippen LogP contribution in [0.3, 0.4) is 0 Å². The third kappa shape index (κ3) is 3.82. The summed E-state index contributed by atoms with van der Waals surface area (Å²) in [6.45, 7) is 0.358. The van der Waals surface area contributed by atoms with Gasteiger partial charge in [0.1, 0.15) is 5.82 Å². The summed E-state index contributed by atoms with van der Waals surface area (Å²) in [5.41, 5.74) is 1.57. The van der Waals surface area contributed by atoms with Crippen LogP contribution in [0.1, 0.15) is 31.8 Å². The van der Waals surface area contributed by atoms with Gasteiger partial charge in [0.2, 0.25) is 0 Å². The molecule has 0 saturated heterocycles. The van der Waals surface area contributed by atoms with Crippen LogP contribution in [0.25, 0.3) is 0 Å². The van der Waals surface area contributed by atoms with E-state index in [0.717, 1.165) is 17.7 Å². The molecule has 3 aromatic rings. The zero-order chi connectivity index (χ0) is 21.3. The Balaban J connectivity index is 1.57. The van der Waals surface area contributed by atoms with Crippen LogP contribution in [0.15, 0.2) is 60.8 Å². The summed E-state index contributed by atoms with van der Waals surface area (Å²) in [5, 5.41) is 8.38. The lowest BCUT2D eigenvalue weighted by atomic mass is 10.1. The number of nitrogens with one attached hydrogen (secondary N) is 3. The number of hydrogen-bond acceptors (Lipinski definition) is 4. The van der Waals surface area contributed by atoms with Gasteiger partial charge in [-0.15, -0.1) is 0 Å². The summed E-state index contributed by atoms with van der Waals surface area (Å²) in [7, 11) is 0. The van der Waals surface area contributed by atoms with Crippen LogP contribution in [-0.4, -0.2) is 16.8 Å². The van der Waals surface area contributed by atoms with E-state index >= 15 is 0 Å². The minimum Gasteiger partial charge on any atom is -0.348 e. The summed E-state index contributed by atoms with van der Waals surface area (Å²) in [6, 6.07) is 12.5. The molecule has 1 aromatic heterocycles. The lowest BCUT2D eigenvalue weighted by Gasteiger charge is -2.14. The van der Waals surface area contributed by atoms with Crippen molar-refractivity contribution in [1.82, 2.24) is 10.3 Å².